The summed E-state index contributed by atoms with van der Waals surface area (Å²) in [4.78, 5) is 21.6. The minimum absolute atomic E-state index is 0.184. The third-order valence-electron chi connectivity index (χ3n) is 5.50. The molecule has 144 valence electrons. The number of benzene rings is 1. The van der Waals surface area contributed by atoms with Crippen molar-refractivity contribution in [3.8, 4) is 17.1 Å². The lowest BCUT2D eigenvalue weighted by atomic mass is 10.1. The standard InChI is InChI=1S/C19H18BrClN6O/c1-10-15-16(21)22-9-26(15)14-7-6-11(20)8-13(14)18-24-17(25-27(10)18)19(28)23-12-4-2-3-5-12/h6-10,12H,2-5H2,1H3,(H,23,28). The molecular formula is C19H18BrClN6O. The number of rotatable bonds is 2. The van der Waals surface area contributed by atoms with Gasteiger partial charge in [0.25, 0.3) is 5.91 Å². The van der Waals surface area contributed by atoms with Crippen LogP contribution in [0, 0.1) is 0 Å². The Morgan fingerprint density at radius 3 is 2.89 bits per heavy atom. The fourth-order valence-corrected chi connectivity index (χ4v) is 4.76. The Labute approximate surface area is 175 Å². The van der Waals surface area contributed by atoms with Gasteiger partial charge in [0.05, 0.1) is 17.4 Å². The molecule has 2 aromatic heterocycles. The highest BCUT2D eigenvalue weighted by atomic mass is 79.9. The lowest BCUT2D eigenvalue weighted by molar-refractivity contribution is 0.0927. The van der Waals surface area contributed by atoms with Gasteiger partial charge in [0.15, 0.2) is 11.0 Å². The van der Waals surface area contributed by atoms with Gasteiger partial charge in [-0.2, -0.15) is 0 Å². The molecule has 1 fully saturated rings. The molecule has 1 N–H and O–H groups in total. The summed E-state index contributed by atoms with van der Waals surface area (Å²) >= 11 is 9.92. The molecule has 1 atom stereocenters. The Bertz CT molecular complexity index is 1080. The Morgan fingerprint density at radius 2 is 2.11 bits per heavy atom. The van der Waals surface area contributed by atoms with Gasteiger partial charge >= 0.3 is 0 Å². The third-order valence-corrected chi connectivity index (χ3v) is 6.29. The van der Waals surface area contributed by atoms with E-state index in [0.29, 0.717) is 11.0 Å². The van der Waals surface area contributed by atoms with Crippen LogP contribution >= 0.6 is 27.5 Å². The topological polar surface area (TPSA) is 77.6 Å². The predicted molar refractivity (Wildman–Crippen MR) is 109 cm³/mol. The summed E-state index contributed by atoms with van der Waals surface area (Å²) in [5.41, 5.74) is 2.58. The van der Waals surface area contributed by atoms with Crippen LogP contribution in [0.2, 0.25) is 5.15 Å². The molecule has 3 aromatic rings. The number of carbonyl (C=O) groups excluding carboxylic acids is 1. The van der Waals surface area contributed by atoms with E-state index < -0.39 is 0 Å². The monoisotopic (exact) mass is 460 g/mol. The highest BCUT2D eigenvalue weighted by molar-refractivity contribution is 9.10. The minimum atomic E-state index is -0.226. The van der Waals surface area contributed by atoms with Gasteiger partial charge in [-0.25, -0.2) is 14.6 Å². The van der Waals surface area contributed by atoms with E-state index in [9.17, 15) is 4.79 Å². The van der Waals surface area contributed by atoms with Gasteiger partial charge in [0.1, 0.15) is 6.33 Å². The van der Waals surface area contributed by atoms with Crippen molar-refractivity contribution in [2.24, 2.45) is 0 Å². The largest absolute Gasteiger partial charge is 0.347 e. The zero-order valence-corrected chi connectivity index (χ0v) is 17.5. The fraction of sp³-hybridized carbons (Fsp3) is 0.368. The van der Waals surface area contributed by atoms with Gasteiger partial charge in [-0.3, -0.25) is 9.36 Å². The molecule has 0 radical (unpaired) electrons. The van der Waals surface area contributed by atoms with Crippen LogP contribution in [0.15, 0.2) is 29.0 Å². The van der Waals surface area contributed by atoms with Crippen LogP contribution in [-0.4, -0.2) is 36.3 Å². The van der Waals surface area contributed by atoms with Crippen LogP contribution in [-0.2, 0) is 0 Å². The van der Waals surface area contributed by atoms with Crippen LogP contribution in [0.1, 0.15) is 55.0 Å². The minimum Gasteiger partial charge on any atom is -0.347 e. The molecule has 0 spiro atoms. The molecule has 1 saturated carbocycles. The van der Waals surface area contributed by atoms with Crippen LogP contribution in [0.4, 0.5) is 0 Å². The molecule has 1 aromatic carbocycles. The van der Waals surface area contributed by atoms with Gasteiger partial charge in [0.2, 0.25) is 5.82 Å². The highest BCUT2D eigenvalue weighted by Gasteiger charge is 2.31. The average molecular weight is 462 g/mol. The maximum Gasteiger partial charge on any atom is 0.291 e. The van der Waals surface area contributed by atoms with Crippen molar-refractivity contribution >= 4 is 33.4 Å². The molecule has 0 saturated heterocycles. The zero-order chi connectivity index (χ0) is 19.4. The zero-order valence-electron chi connectivity index (χ0n) is 15.2. The number of nitrogens with one attached hydrogen (secondary N) is 1. The van der Waals surface area contributed by atoms with E-state index in [1.54, 1.807) is 11.0 Å². The van der Waals surface area contributed by atoms with E-state index >= 15 is 0 Å². The molecule has 1 unspecified atom stereocenters. The fourth-order valence-electron chi connectivity index (χ4n) is 4.11. The molecule has 9 heteroatoms. The van der Waals surface area contributed by atoms with E-state index in [4.69, 9.17) is 11.6 Å². The Balaban J connectivity index is 1.64. The van der Waals surface area contributed by atoms with Crippen molar-refractivity contribution in [3.05, 3.63) is 45.7 Å². The maximum absolute atomic E-state index is 12.8. The lowest BCUT2D eigenvalue weighted by Gasteiger charge is -2.13. The number of hydrogen-bond acceptors (Lipinski definition) is 4. The molecule has 2 aliphatic rings. The summed E-state index contributed by atoms with van der Waals surface area (Å²) in [7, 11) is 0. The molecule has 0 bridgehead atoms. The second-order valence-electron chi connectivity index (χ2n) is 7.29. The van der Waals surface area contributed by atoms with E-state index in [2.05, 4.69) is 36.3 Å². The molecule has 1 amide bonds. The Morgan fingerprint density at radius 1 is 1.32 bits per heavy atom. The second kappa shape index (κ2) is 6.70. The van der Waals surface area contributed by atoms with Crippen LogP contribution < -0.4 is 5.32 Å². The normalized spacial score (nSPS) is 18.3. The predicted octanol–water partition coefficient (Wildman–Crippen LogP) is 4.14. The summed E-state index contributed by atoms with van der Waals surface area (Å²) in [6.45, 7) is 1.98. The first-order valence-electron chi connectivity index (χ1n) is 9.33. The summed E-state index contributed by atoms with van der Waals surface area (Å²) in [6.07, 6.45) is 6.04. The molecule has 1 aliphatic heterocycles. The number of amides is 1. The molecule has 5 rings (SSSR count). The summed E-state index contributed by atoms with van der Waals surface area (Å²) in [5.74, 6) is 0.597. The SMILES string of the molecule is CC1c2c(Cl)ncn2-c2ccc(Br)cc2-c2nc(C(=O)NC3CCCC3)nn21. The first kappa shape index (κ1) is 17.9. The van der Waals surface area contributed by atoms with Gasteiger partial charge in [-0.1, -0.05) is 40.4 Å². The van der Waals surface area contributed by atoms with Crippen molar-refractivity contribution < 1.29 is 4.79 Å². The van der Waals surface area contributed by atoms with Crippen molar-refractivity contribution in [2.75, 3.05) is 0 Å². The Hall–Kier alpha value is -2.19. The lowest BCUT2D eigenvalue weighted by Crippen LogP contribution is -2.33. The molecule has 7 nitrogen and oxygen atoms in total. The van der Waals surface area contributed by atoms with E-state index in [1.165, 1.54) is 0 Å². The van der Waals surface area contributed by atoms with E-state index in [1.807, 2.05) is 29.7 Å². The highest BCUT2D eigenvalue weighted by Crippen LogP contribution is 2.38. The quantitative estimate of drug-likeness (QED) is 0.622. The van der Waals surface area contributed by atoms with E-state index in [-0.39, 0.29) is 23.8 Å². The summed E-state index contributed by atoms with van der Waals surface area (Å²) < 4.78 is 4.64. The van der Waals surface area contributed by atoms with Crippen LogP contribution in [0.5, 0.6) is 0 Å². The summed E-state index contributed by atoms with van der Waals surface area (Å²) in [5, 5.41) is 8.04. The van der Waals surface area contributed by atoms with Gasteiger partial charge in [0, 0.05) is 16.1 Å². The average Bonchev–Trinajstić information content (AvgIpc) is 3.39. The molecule has 1 aliphatic carbocycles. The summed E-state index contributed by atoms with van der Waals surface area (Å²) in [6, 6.07) is 5.91. The van der Waals surface area contributed by atoms with Gasteiger partial charge in [-0.05, 0) is 38.0 Å². The number of carbonyl (C=O) groups is 1. The first-order valence-corrected chi connectivity index (χ1v) is 10.5. The van der Waals surface area contributed by atoms with Crippen molar-refractivity contribution in [1.29, 1.82) is 0 Å². The number of nitrogens with zero attached hydrogens (tertiary/aromatic N) is 5. The van der Waals surface area contributed by atoms with Crippen LogP contribution in [0.3, 0.4) is 0 Å². The van der Waals surface area contributed by atoms with Crippen LogP contribution in [0.25, 0.3) is 17.1 Å². The molecule has 3 heterocycles. The van der Waals surface area contributed by atoms with Gasteiger partial charge in [-0.15, -0.1) is 5.10 Å². The number of hydrogen-bond donors (Lipinski definition) is 1. The smallest absolute Gasteiger partial charge is 0.291 e. The van der Waals surface area contributed by atoms with Gasteiger partial charge < -0.3 is 5.32 Å². The van der Waals surface area contributed by atoms with Crippen molar-refractivity contribution in [3.63, 3.8) is 0 Å². The number of aromatic nitrogens is 5. The third kappa shape index (κ3) is 2.78. The Kier molecular flexibility index (Phi) is 4.28. The van der Waals surface area contributed by atoms with E-state index in [0.717, 1.165) is 47.1 Å². The maximum atomic E-state index is 12.8. The molecular weight excluding hydrogens is 444 g/mol. The number of fused-ring (bicyclic) bond motifs is 5. The second-order valence-corrected chi connectivity index (χ2v) is 8.56. The first-order chi connectivity index (χ1) is 13.5. The number of halogens is 2. The van der Waals surface area contributed by atoms with Crippen molar-refractivity contribution in [1.82, 2.24) is 29.6 Å². The van der Waals surface area contributed by atoms with Crippen molar-refractivity contribution in [2.45, 2.75) is 44.7 Å². The number of imidazole rings is 1. The molecule has 28 heavy (non-hydrogen) atoms.